The Kier molecular flexibility index (Phi) is 3.58. The van der Waals surface area contributed by atoms with Crippen LogP contribution in [-0.4, -0.2) is 21.6 Å². The number of aliphatic hydroxyl groups is 1. The first kappa shape index (κ1) is 13.0. The van der Waals surface area contributed by atoms with Crippen molar-refractivity contribution >= 4 is 16.3 Å². The first-order valence-electron chi connectivity index (χ1n) is 6.12. The average Bonchev–Trinajstić information content (AvgIpc) is 3.05. The zero-order valence-corrected chi connectivity index (χ0v) is 11.8. The van der Waals surface area contributed by atoms with E-state index in [0.29, 0.717) is 23.7 Å². The summed E-state index contributed by atoms with van der Waals surface area (Å²) >= 11 is 1.58. The van der Waals surface area contributed by atoms with Gasteiger partial charge < -0.3 is 14.6 Å². The van der Waals surface area contributed by atoms with E-state index >= 15 is 0 Å². The maximum atomic E-state index is 9.36. The third-order valence-electron chi connectivity index (χ3n) is 2.96. The number of methoxy groups -OCH3 is 1. The van der Waals surface area contributed by atoms with Crippen LogP contribution >= 0.6 is 11.3 Å². The number of thiazole rings is 1. The van der Waals surface area contributed by atoms with Gasteiger partial charge in [-0.25, -0.2) is 4.98 Å². The molecule has 20 heavy (non-hydrogen) atoms. The Hall–Kier alpha value is -2.05. The molecule has 3 rings (SSSR count). The van der Waals surface area contributed by atoms with Crippen LogP contribution in [0.4, 0.5) is 0 Å². The highest BCUT2D eigenvalue weighted by Crippen LogP contribution is 2.25. The monoisotopic (exact) mass is 290 g/mol. The van der Waals surface area contributed by atoms with Gasteiger partial charge in [0.1, 0.15) is 18.1 Å². The number of nitrogens with zero attached hydrogens (tertiary/aromatic N) is 2. The van der Waals surface area contributed by atoms with Crippen LogP contribution in [0.3, 0.4) is 0 Å². The van der Waals surface area contributed by atoms with E-state index < -0.39 is 0 Å². The quantitative estimate of drug-likeness (QED) is 0.784. The molecule has 2 aromatic heterocycles. The normalized spacial score (nSPS) is 10.9. The van der Waals surface area contributed by atoms with Gasteiger partial charge in [0.2, 0.25) is 0 Å². The molecule has 1 N–H and O–H groups in total. The fraction of sp³-hybridized carbons (Fsp3) is 0.214. The summed E-state index contributed by atoms with van der Waals surface area (Å²) in [5.41, 5.74) is 1.56. The van der Waals surface area contributed by atoms with Crippen molar-refractivity contribution in [2.24, 2.45) is 0 Å². The van der Waals surface area contributed by atoms with Gasteiger partial charge in [0, 0.05) is 23.3 Å². The van der Waals surface area contributed by atoms with E-state index in [9.17, 15) is 5.11 Å². The Labute approximate surface area is 120 Å². The molecule has 0 fully saturated rings. The Morgan fingerprint density at radius 3 is 3.05 bits per heavy atom. The summed E-state index contributed by atoms with van der Waals surface area (Å²) in [4.78, 5) is 5.39. The topological polar surface area (TPSA) is 56.0 Å². The summed E-state index contributed by atoms with van der Waals surface area (Å²) in [5.74, 6) is 1.34. The van der Waals surface area contributed by atoms with E-state index in [0.717, 1.165) is 10.7 Å². The van der Waals surface area contributed by atoms with E-state index in [1.807, 2.05) is 22.2 Å². The van der Waals surface area contributed by atoms with Crippen molar-refractivity contribution in [1.29, 1.82) is 0 Å². The molecule has 3 aromatic rings. The van der Waals surface area contributed by atoms with Crippen molar-refractivity contribution in [3.63, 3.8) is 0 Å². The number of hydrogen-bond donors (Lipinski definition) is 1. The first-order chi connectivity index (χ1) is 9.80. The molecule has 5 nitrogen and oxygen atoms in total. The highest BCUT2D eigenvalue weighted by atomic mass is 32.1. The highest BCUT2D eigenvalue weighted by molar-refractivity contribution is 7.15. The number of rotatable bonds is 5. The Morgan fingerprint density at radius 1 is 1.40 bits per heavy atom. The summed E-state index contributed by atoms with van der Waals surface area (Å²) < 4.78 is 12.8. The molecule has 104 valence electrons. The number of aromatic nitrogens is 2. The number of aliphatic hydroxyl groups excluding tert-OH is 1. The Balaban J connectivity index is 1.75. The minimum absolute atomic E-state index is 0.0924. The predicted octanol–water partition coefficient (Wildman–Crippen LogP) is 2.48. The molecule has 0 unspecified atom stereocenters. The number of ether oxygens (including phenoxy) is 2. The molecular weight excluding hydrogens is 276 g/mol. The SMILES string of the molecule is COc1ccc(OCc2cn3ccsc3n2)c(CO)c1. The predicted molar refractivity (Wildman–Crippen MR) is 76.3 cm³/mol. The molecule has 0 aliphatic rings. The van der Waals surface area contributed by atoms with E-state index in [1.54, 1.807) is 36.6 Å². The zero-order valence-electron chi connectivity index (χ0n) is 10.9. The van der Waals surface area contributed by atoms with Crippen molar-refractivity contribution in [2.75, 3.05) is 7.11 Å². The minimum Gasteiger partial charge on any atom is -0.497 e. The van der Waals surface area contributed by atoms with Crippen LogP contribution in [0.1, 0.15) is 11.3 Å². The van der Waals surface area contributed by atoms with Crippen molar-refractivity contribution in [3.05, 3.63) is 47.2 Å². The van der Waals surface area contributed by atoms with E-state index in [4.69, 9.17) is 9.47 Å². The second kappa shape index (κ2) is 5.52. The van der Waals surface area contributed by atoms with Gasteiger partial charge in [-0.05, 0) is 18.2 Å². The van der Waals surface area contributed by atoms with Gasteiger partial charge in [-0.1, -0.05) is 0 Å². The molecule has 0 aliphatic heterocycles. The second-order valence-corrected chi connectivity index (χ2v) is 5.12. The summed E-state index contributed by atoms with van der Waals surface area (Å²) in [6.07, 6.45) is 3.90. The lowest BCUT2D eigenvalue weighted by Crippen LogP contribution is -1.99. The molecule has 0 saturated heterocycles. The van der Waals surface area contributed by atoms with E-state index in [-0.39, 0.29) is 6.61 Å². The van der Waals surface area contributed by atoms with Gasteiger partial charge in [0.15, 0.2) is 4.96 Å². The van der Waals surface area contributed by atoms with Gasteiger partial charge >= 0.3 is 0 Å². The highest BCUT2D eigenvalue weighted by Gasteiger charge is 2.07. The third kappa shape index (κ3) is 2.48. The molecule has 0 spiro atoms. The smallest absolute Gasteiger partial charge is 0.193 e. The van der Waals surface area contributed by atoms with Gasteiger partial charge in [0.05, 0.1) is 19.4 Å². The Morgan fingerprint density at radius 2 is 2.30 bits per heavy atom. The van der Waals surface area contributed by atoms with Crippen LogP contribution < -0.4 is 9.47 Å². The largest absolute Gasteiger partial charge is 0.497 e. The number of benzene rings is 1. The van der Waals surface area contributed by atoms with Crippen molar-refractivity contribution in [2.45, 2.75) is 13.2 Å². The van der Waals surface area contributed by atoms with Gasteiger partial charge in [0.25, 0.3) is 0 Å². The van der Waals surface area contributed by atoms with E-state index in [2.05, 4.69) is 4.98 Å². The van der Waals surface area contributed by atoms with Crippen LogP contribution in [0.25, 0.3) is 4.96 Å². The van der Waals surface area contributed by atoms with Crippen LogP contribution in [0.15, 0.2) is 36.0 Å². The molecule has 6 heteroatoms. The minimum atomic E-state index is -0.0924. The van der Waals surface area contributed by atoms with Gasteiger partial charge in [-0.2, -0.15) is 0 Å². The number of hydrogen-bond acceptors (Lipinski definition) is 5. The van der Waals surface area contributed by atoms with Crippen LogP contribution in [0.5, 0.6) is 11.5 Å². The van der Waals surface area contributed by atoms with Crippen LogP contribution in [-0.2, 0) is 13.2 Å². The maximum Gasteiger partial charge on any atom is 0.193 e. The molecular formula is C14H14N2O3S. The summed E-state index contributed by atoms with van der Waals surface area (Å²) in [6.45, 7) is 0.276. The standard InChI is InChI=1S/C14H14N2O3S/c1-18-12-2-3-13(10(6-12)8-17)19-9-11-7-16-4-5-20-14(16)15-11/h2-7,17H,8-9H2,1H3. The van der Waals surface area contributed by atoms with Gasteiger partial charge in [-0.15, -0.1) is 11.3 Å². The molecule has 2 heterocycles. The summed E-state index contributed by atoms with van der Waals surface area (Å²) in [6, 6.07) is 5.37. The number of imidazole rings is 1. The Bertz CT molecular complexity index is 692. The molecule has 0 amide bonds. The van der Waals surface area contributed by atoms with Crippen molar-refractivity contribution in [1.82, 2.24) is 9.38 Å². The lowest BCUT2D eigenvalue weighted by Gasteiger charge is -2.10. The second-order valence-electron chi connectivity index (χ2n) is 4.25. The molecule has 1 aromatic carbocycles. The lowest BCUT2D eigenvalue weighted by molar-refractivity contribution is 0.256. The third-order valence-corrected chi connectivity index (χ3v) is 3.73. The van der Waals surface area contributed by atoms with Crippen molar-refractivity contribution < 1.29 is 14.6 Å². The lowest BCUT2D eigenvalue weighted by atomic mass is 10.2. The fourth-order valence-electron chi connectivity index (χ4n) is 1.94. The first-order valence-corrected chi connectivity index (χ1v) is 7.00. The number of fused-ring (bicyclic) bond motifs is 1. The summed E-state index contributed by atoms with van der Waals surface area (Å²) in [7, 11) is 1.59. The molecule has 0 radical (unpaired) electrons. The van der Waals surface area contributed by atoms with Crippen LogP contribution in [0.2, 0.25) is 0 Å². The summed E-state index contributed by atoms with van der Waals surface area (Å²) in [5, 5.41) is 11.3. The fourth-order valence-corrected chi connectivity index (χ4v) is 2.66. The molecule has 0 saturated carbocycles. The average molecular weight is 290 g/mol. The molecule has 0 bridgehead atoms. The molecule has 0 aliphatic carbocycles. The van der Waals surface area contributed by atoms with E-state index in [1.165, 1.54) is 0 Å². The van der Waals surface area contributed by atoms with Crippen LogP contribution in [0, 0.1) is 0 Å². The van der Waals surface area contributed by atoms with Gasteiger partial charge in [-0.3, -0.25) is 4.40 Å². The molecule has 0 atom stereocenters. The maximum absolute atomic E-state index is 9.36. The zero-order chi connectivity index (χ0) is 13.9. The van der Waals surface area contributed by atoms with Crippen molar-refractivity contribution in [3.8, 4) is 11.5 Å².